The lowest BCUT2D eigenvalue weighted by Gasteiger charge is -2.19. The van der Waals surface area contributed by atoms with Crippen LogP contribution in [0.1, 0.15) is 47.1 Å². The van der Waals surface area contributed by atoms with Crippen molar-refractivity contribution in [3.05, 3.63) is 46.0 Å². The molecule has 27 heavy (non-hydrogen) atoms. The molecule has 0 spiro atoms. The number of amides is 1. The van der Waals surface area contributed by atoms with Crippen molar-refractivity contribution < 1.29 is 23.1 Å². The van der Waals surface area contributed by atoms with Crippen LogP contribution < -0.4 is 4.90 Å². The van der Waals surface area contributed by atoms with Crippen LogP contribution in [0.3, 0.4) is 0 Å². The first-order valence-corrected chi connectivity index (χ1v) is 9.63. The van der Waals surface area contributed by atoms with Crippen LogP contribution in [0.5, 0.6) is 0 Å². The van der Waals surface area contributed by atoms with Crippen molar-refractivity contribution in [1.82, 2.24) is 4.98 Å². The van der Waals surface area contributed by atoms with E-state index in [2.05, 4.69) is 4.98 Å². The predicted octanol–water partition coefficient (Wildman–Crippen LogP) is 4.03. The second-order valence-corrected chi connectivity index (χ2v) is 7.32. The Hall–Kier alpha value is -2.35. The first-order valence-electron chi connectivity index (χ1n) is 8.81. The van der Waals surface area contributed by atoms with E-state index in [9.17, 15) is 18.4 Å². The third kappa shape index (κ3) is 4.32. The Morgan fingerprint density at radius 2 is 2.07 bits per heavy atom. The van der Waals surface area contributed by atoms with Gasteiger partial charge in [0.05, 0.1) is 12.3 Å². The zero-order valence-corrected chi connectivity index (χ0v) is 15.9. The highest BCUT2D eigenvalue weighted by molar-refractivity contribution is 7.17. The number of thiazole rings is 1. The summed E-state index contributed by atoms with van der Waals surface area (Å²) in [7, 11) is 0. The fraction of sp³-hybridized carbons (Fsp3) is 0.421. The molecule has 1 heterocycles. The number of anilines is 1. The normalized spacial score (nSPS) is 13.5. The molecule has 144 valence electrons. The summed E-state index contributed by atoms with van der Waals surface area (Å²) < 4.78 is 32.2. The minimum Gasteiger partial charge on any atom is -0.462 e. The molecule has 5 nitrogen and oxygen atoms in total. The number of aryl methyl sites for hydroxylation is 2. The van der Waals surface area contributed by atoms with Gasteiger partial charge in [-0.3, -0.25) is 9.69 Å². The van der Waals surface area contributed by atoms with E-state index < -0.39 is 17.6 Å². The molecule has 0 radical (unpaired) electrons. The Labute approximate surface area is 160 Å². The summed E-state index contributed by atoms with van der Waals surface area (Å²) >= 11 is 1.12. The number of hydrogen-bond acceptors (Lipinski definition) is 5. The van der Waals surface area contributed by atoms with Gasteiger partial charge in [0.15, 0.2) is 16.8 Å². The summed E-state index contributed by atoms with van der Waals surface area (Å²) in [5.74, 6) is -2.51. The highest BCUT2D eigenvalue weighted by Gasteiger charge is 2.36. The van der Waals surface area contributed by atoms with Crippen LogP contribution in [0.25, 0.3) is 0 Å². The number of halogens is 2. The maximum absolute atomic E-state index is 13.8. The molecule has 3 rings (SSSR count). The van der Waals surface area contributed by atoms with Gasteiger partial charge in [-0.1, -0.05) is 23.5 Å². The molecule has 8 heteroatoms. The van der Waals surface area contributed by atoms with Crippen molar-refractivity contribution in [2.24, 2.45) is 0 Å². The highest BCUT2D eigenvalue weighted by atomic mass is 32.1. The fourth-order valence-corrected chi connectivity index (χ4v) is 3.82. The molecular formula is C19H20F2N2O3S. The molecule has 0 saturated heterocycles. The average molecular weight is 394 g/mol. The highest BCUT2D eigenvalue weighted by Crippen LogP contribution is 2.36. The van der Waals surface area contributed by atoms with E-state index in [1.54, 1.807) is 18.7 Å². The van der Waals surface area contributed by atoms with Gasteiger partial charge in [-0.15, -0.1) is 0 Å². The monoisotopic (exact) mass is 394 g/mol. The average Bonchev–Trinajstić information content (AvgIpc) is 3.38. The maximum Gasteiger partial charge on any atom is 0.350 e. The van der Waals surface area contributed by atoms with Gasteiger partial charge in [0.2, 0.25) is 5.91 Å². The number of carbonyl (C=O) groups excluding carboxylic acids is 2. The third-order valence-electron chi connectivity index (χ3n) is 4.27. The number of nitrogens with zero attached hydrogens (tertiary/aromatic N) is 2. The van der Waals surface area contributed by atoms with E-state index in [0.717, 1.165) is 30.2 Å². The van der Waals surface area contributed by atoms with Crippen LogP contribution in [-0.4, -0.2) is 29.5 Å². The molecule has 0 aliphatic heterocycles. The molecule has 0 unspecified atom stereocenters. The Morgan fingerprint density at radius 1 is 1.33 bits per heavy atom. The van der Waals surface area contributed by atoms with Crippen LogP contribution in [0.2, 0.25) is 0 Å². The Bertz CT molecular complexity index is 865. The van der Waals surface area contributed by atoms with Crippen molar-refractivity contribution in [3.63, 3.8) is 0 Å². The standard InChI is InChI=1S/C19H20F2N2O3S/c1-3-26-18(25)17-11(2)22-19(27-17)23(13-8-9-13)15(24)10-7-12-5-4-6-14(20)16(12)21/h4-6,13H,3,7-10H2,1-2H3. The van der Waals surface area contributed by atoms with Gasteiger partial charge in [-0.05, 0) is 44.7 Å². The lowest BCUT2D eigenvalue weighted by molar-refractivity contribution is -0.118. The number of carbonyl (C=O) groups is 2. The molecule has 1 amide bonds. The van der Waals surface area contributed by atoms with Crippen molar-refractivity contribution >= 4 is 28.3 Å². The van der Waals surface area contributed by atoms with E-state index in [-0.39, 0.29) is 37.0 Å². The maximum atomic E-state index is 13.8. The Kier molecular flexibility index (Phi) is 5.84. The number of hydrogen-bond donors (Lipinski definition) is 0. The van der Waals surface area contributed by atoms with Gasteiger partial charge in [0, 0.05) is 12.5 Å². The molecule has 0 N–H and O–H groups in total. The number of esters is 1. The number of rotatable bonds is 7. The van der Waals surface area contributed by atoms with Gasteiger partial charge >= 0.3 is 5.97 Å². The molecule has 0 bridgehead atoms. The molecule has 1 aromatic carbocycles. The zero-order valence-electron chi connectivity index (χ0n) is 15.1. The van der Waals surface area contributed by atoms with E-state index in [1.807, 2.05) is 0 Å². The smallest absolute Gasteiger partial charge is 0.350 e. The SMILES string of the molecule is CCOC(=O)c1sc(N(C(=O)CCc2cccc(F)c2F)C2CC2)nc1C. The van der Waals surface area contributed by atoms with Gasteiger partial charge in [-0.2, -0.15) is 0 Å². The summed E-state index contributed by atoms with van der Waals surface area (Å²) in [5.41, 5.74) is 0.685. The Morgan fingerprint density at radius 3 is 2.74 bits per heavy atom. The molecule has 0 atom stereocenters. The summed E-state index contributed by atoms with van der Waals surface area (Å²) in [4.78, 5) is 31.1. The minimum absolute atomic E-state index is 0.0320. The van der Waals surface area contributed by atoms with E-state index in [4.69, 9.17) is 4.74 Å². The molecular weight excluding hydrogens is 374 g/mol. The van der Waals surface area contributed by atoms with Crippen LogP contribution in [0, 0.1) is 18.6 Å². The number of ether oxygens (including phenoxy) is 1. The lowest BCUT2D eigenvalue weighted by Crippen LogP contribution is -2.33. The topological polar surface area (TPSA) is 59.5 Å². The van der Waals surface area contributed by atoms with Crippen molar-refractivity contribution in [2.75, 3.05) is 11.5 Å². The summed E-state index contributed by atoms with van der Waals surface area (Å²) in [6.07, 6.45) is 1.84. The molecule has 1 saturated carbocycles. The second-order valence-electron chi connectivity index (χ2n) is 6.34. The molecule has 1 fully saturated rings. The lowest BCUT2D eigenvalue weighted by atomic mass is 10.1. The van der Waals surface area contributed by atoms with E-state index >= 15 is 0 Å². The molecule has 2 aromatic rings. The van der Waals surface area contributed by atoms with Gasteiger partial charge in [0.1, 0.15) is 4.88 Å². The first kappa shape index (κ1) is 19.4. The molecule has 1 aromatic heterocycles. The number of benzene rings is 1. The second kappa shape index (κ2) is 8.12. The molecule has 1 aliphatic carbocycles. The quantitative estimate of drug-likeness (QED) is 0.665. The summed E-state index contributed by atoms with van der Waals surface area (Å²) in [5, 5.41) is 0.447. The summed E-state index contributed by atoms with van der Waals surface area (Å²) in [6.45, 7) is 3.68. The zero-order chi connectivity index (χ0) is 19.6. The van der Waals surface area contributed by atoms with Gasteiger partial charge in [0.25, 0.3) is 0 Å². The van der Waals surface area contributed by atoms with Crippen molar-refractivity contribution in [3.8, 4) is 0 Å². The predicted molar refractivity (Wildman–Crippen MR) is 98.0 cm³/mol. The van der Waals surface area contributed by atoms with Crippen molar-refractivity contribution in [1.29, 1.82) is 0 Å². The fourth-order valence-electron chi connectivity index (χ4n) is 2.77. The molecule has 1 aliphatic rings. The van der Waals surface area contributed by atoms with Gasteiger partial charge < -0.3 is 4.74 Å². The van der Waals surface area contributed by atoms with Crippen LogP contribution >= 0.6 is 11.3 Å². The summed E-state index contributed by atoms with van der Waals surface area (Å²) in [6, 6.07) is 3.98. The van der Waals surface area contributed by atoms with Gasteiger partial charge in [-0.25, -0.2) is 18.6 Å². The third-order valence-corrected chi connectivity index (χ3v) is 5.41. The largest absolute Gasteiger partial charge is 0.462 e. The van der Waals surface area contributed by atoms with E-state index in [1.165, 1.54) is 12.1 Å². The van der Waals surface area contributed by atoms with Crippen LogP contribution in [0.15, 0.2) is 18.2 Å². The van der Waals surface area contributed by atoms with Crippen molar-refractivity contribution in [2.45, 2.75) is 45.6 Å². The number of aromatic nitrogens is 1. The minimum atomic E-state index is -0.923. The van der Waals surface area contributed by atoms with Crippen LogP contribution in [0.4, 0.5) is 13.9 Å². The van der Waals surface area contributed by atoms with Crippen LogP contribution in [-0.2, 0) is 16.0 Å². The van der Waals surface area contributed by atoms with E-state index in [0.29, 0.717) is 15.7 Å². The first-order chi connectivity index (χ1) is 12.9. The Balaban J connectivity index is 1.76.